The van der Waals surface area contributed by atoms with Crippen molar-refractivity contribution in [1.29, 1.82) is 0 Å². The van der Waals surface area contributed by atoms with Crippen LogP contribution in [0.3, 0.4) is 0 Å². The molecule has 0 spiro atoms. The molecule has 0 saturated heterocycles. The summed E-state index contributed by atoms with van der Waals surface area (Å²) in [6.45, 7) is 0. The second kappa shape index (κ2) is 6.57. The number of nitrogens with two attached hydrogens (primary N) is 1. The van der Waals surface area contributed by atoms with Gasteiger partial charge in [-0.2, -0.15) is 0 Å². The van der Waals surface area contributed by atoms with Gasteiger partial charge in [-0.25, -0.2) is 13.2 Å². The summed E-state index contributed by atoms with van der Waals surface area (Å²) in [5, 5.41) is 0. The number of halogens is 3. The van der Waals surface area contributed by atoms with Gasteiger partial charge in [0.15, 0.2) is 17.5 Å². The van der Waals surface area contributed by atoms with Gasteiger partial charge >= 0.3 is 0 Å². The molecular weight excluding hydrogens is 263 g/mol. The zero-order valence-corrected chi connectivity index (χ0v) is 11.0. The van der Waals surface area contributed by atoms with E-state index in [1.807, 2.05) is 30.3 Å². The molecule has 106 valence electrons. The van der Waals surface area contributed by atoms with E-state index in [2.05, 4.69) is 0 Å². The first-order valence-corrected chi connectivity index (χ1v) is 6.52. The highest BCUT2D eigenvalue weighted by Crippen LogP contribution is 2.23. The fourth-order valence-corrected chi connectivity index (χ4v) is 2.15. The lowest BCUT2D eigenvalue weighted by Crippen LogP contribution is -2.14. The molecule has 0 aromatic heterocycles. The lowest BCUT2D eigenvalue weighted by atomic mass is 9.99. The fourth-order valence-electron chi connectivity index (χ4n) is 2.15. The highest BCUT2D eigenvalue weighted by molar-refractivity contribution is 5.23. The molecule has 2 aromatic rings. The lowest BCUT2D eigenvalue weighted by molar-refractivity contribution is 0.432. The van der Waals surface area contributed by atoms with E-state index in [0.717, 1.165) is 18.9 Å². The third kappa shape index (κ3) is 3.39. The van der Waals surface area contributed by atoms with E-state index in [9.17, 15) is 13.2 Å². The molecule has 0 aliphatic heterocycles. The Bertz CT molecular complexity index is 569. The van der Waals surface area contributed by atoms with E-state index in [1.165, 1.54) is 11.6 Å². The normalized spacial score (nSPS) is 12.4. The highest BCUT2D eigenvalue weighted by atomic mass is 19.2. The predicted molar refractivity (Wildman–Crippen MR) is 72.6 cm³/mol. The van der Waals surface area contributed by atoms with Gasteiger partial charge in [-0.15, -0.1) is 0 Å². The summed E-state index contributed by atoms with van der Waals surface area (Å²) < 4.78 is 39.5. The zero-order chi connectivity index (χ0) is 14.5. The highest BCUT2D eigenvalue weighted by Gasteiger charge is 2.17. The minimum absolute atomic E-state index is 0.0250. The Balaban J connectivity index is 1.95. The van der Waals surface area contributed by atoms with Crippen molar-refractivity contribution in [2.45, 2.75) is 25.3 Å². The van der Waals surface area contributed by atoms with Crippen LogP contribution in [0, 0.1) is 17.5 Å². The Kier molecular flexibility index (Phi) is 4.79. The Morgan fingerprint density at radius 2 is 1.60 bits per heavy atom. The molecule has 0 heterocycles. The van der Waals surface area contributed by atoms with Crippen LogP contribution in [0.2, 0.25) is 0 Å². The van der Waals surface area contributed by atoms with Crippen LogP contribution in [0.25, 0.3) is 0 Å². The van der Waals surface area contributed by atoms with Gasteiger partial charge in [0.1, 0.15) is 0 Å². The zero-order valence-electron chi connectivity index (χ0n) is 11.0. The Labute approximate surface area is 116 Å². The van der Waals surface area contributed by atoms with Crippen molar-refractivity contribution < 1.29 is 13.2 Å². The quantitative estimate of drug-likeness (QED) is 0.818. The summed E-state index contributed by atoms with van der Waals surface area (Å²) in [6, 6.07) is 11.3. The van der Waals surface area contributed by atoms with E-state index in [1.54, 1.807) is 0 Å². The van der Waals surface area contributed by atoms with Crippen LogP contribution >= 0.6 is 0 Å². The van der Waals surface area contributed by atoms with E-state index >= 15 is 0 Å². The summed E-state index contributed by atoms with van der Waals surface area (Å²) in [5.41, 5.74) is 7.05. The van der Waals surface area contributed by atoms with Crippen molar-refractivity contribution in [2.75, 3.05) is 0 Å². The minimum atomic E-state index is -1.46. The molecule has 0 radical (unpaired) electrons. The van der Waals surface area contributed by atoms with Crippen LogP contribution in [0.4, 0.5) is 13.2 Å². The van der Waals surface area contributed by atoms with Gasteiger partial charge in [-0.1, -0.05) is 36.4 Å². The average Bonchev–Trinajstić information content (AvgIpc) is 2.46. The number of hydrogen-bond acceptors (Lipinski definition) is 1. The molecule has 1 unspecified atom stereocenters. The molecule has 0 fully saturated rings. The van der Waals surface area contributed by atoms with Crippen molar-refractivity contribution >= 4 is 0 Å². The molecule has 0 aliphatic rings. The maximum Gasteiger partial charge on any atom is 0.194 e. The minimum Gasteiger partial charge on any atom is -0.324 e. The Morgan fingerprint density at radius 3 is 2.30 bits per heavy atom. The molecule has 0 bridgehead atoms. The first kappa shape index (κ1) is 14.6. The lowest BCUT2D eigenvalue weighted by Gasteiger charge is -2.13. The molecule has 1 atom stereocenters. The molecule has 0 saturated carbocycles. The number of aryl methyl sites for hydroxylation is 1. The van der Waals surface area contributed by atoms with Gasteiger partial charge in [-0.05, 0) is 30.9 Å². The summed E-state index contributed by atoms with van der Waals surface area (Å²) in [7, 11) is 0. The van der Waals surface area contributed by atoms with Crippen molar-refractivity contribution in [1.82, 2.24) is 0 Å². The second-order valence-electron chi connectivity index (χ2n) is 4.75. The summed E-state index contributed by atoms with van der Waals surface area (Å²) in [4.78, 5) is 0. The Morgan fingerprint density at radius 1 is 0.900 bits per heavy atom. The molecule has 2 N–H and O–H groups in total. The van der Waals surface area contributed by atoms with Crippen LogP contribution in [0.15, 0.2) is 42.5 Å². The smallest absolute Gasteiger partial charge is 0.194 e. The van der Waals surface area contributed by atoms with Crippen molar-refractivity contribution in [3.63, 3.8) is 0 Å². The largest absolute Gasteiger partial charge is 0.324 e. The maximum atomic E-state index is 13.6. The molecule has 2 rings (SSSR count). The molecule has 0 aliphatic carbocycles. The van der Waals surface area contributed by atoms with Gasteiger partial charge < -0.3 is 5.73 Å². The van der Waals surface area contributed by atoms with Crippen LogP contribution in [-0.4, -0.2) is 0 Å². The number of hydrogen-bond donors (Lipinski definition) is 1. The topological polar surface area (TPSA) is 26.0 Å². The van der Waals surface area contributed by atoms with Crippen LogP contribution in [-0.2, 0) is 6.42 Å². The fraction of sp³-hybridized carbons (Fsp3) is 0.250. The average molecular weight is 279 g/mol. The maximum absolute atomic E-state index is 13.6. The van der Waals surface area contributed by atoms with Gasteiger partial charge in [0.05, 0.1) is 0 Å². The van der Waals surface area contributed by atoms with Gasteiger partial charge in [-0.3, -0.25) is 0 Å². The van der Waals surface area contributed by atoms with Crippen molar-refractivity contribution in [3.8, 4) is 0 Å². The molecule has 2 aromatic carbocycles. The van der Waals surface area contributed by atoms with E-state index < -0.39 is 23.5 Å². The first-order chi connectivity index (χ1) is 9.59. The molecular formula is C16H16F3N. The number of benzene rings is 2. The summed E-state index contributed by atoms with van der Waals surface area (Å²) >= 11 is 0. The third-order valence-electron chi connectivity index (χ3n) is 3.29. The predicted octanol–water partition coefficient (Wildman–Crippen LogP) is 4.13. The van der Waals surface area contributed by atoms with Crippen molar-refractivity contribution in [3.05, 3.63) is 71.0 Å². The van der Waals surface area contributed by atoms with Crippen LogP contribution < -0.4 is 5.73 Å². The molecule has 4 heteroatoms. The van der Waals surface area contributed by atoms with Gasteiger partial charge in [0.25, 0.3) is 0 Å². The standard InChI is InChI=1S/C16H16F3N/c17-13-10-9-12(15(18)16(13)19)14(20)8-4-7-11-5-2-1-3-6-11/h1-3,5-6,9-10,14H,4,7-8,20H2. The van der Waals surface area contributed by atoms with E-state index in [0.29, 0.717) is 6.42 Å². The van der Waals surface area contributed by atoms with E-state index in [4.69, 9.17) is 5.73 Å². The SMILES string of the molecule is NC(CCCc1ccccc1)c1ccc(F)c(F)c1F. The van der Waals surface area contributed by atoms with Gasteiger partial charge in [0.2, 0.25) is 0 Å². The van der Waals surface area contributed by atoms with Crippen LogP contribution in [0.1, 0.15) is 30.0 Å². The number of rotatable bonds is 5. The van der Waals surface area contributed by atoms with Crippen LogP contribution in [0.5, 0.6) is 0 Å². The van der Waals surface area contributed by atoms with Crippen molar-refractivity contribution in [2.24, 2.45) is 5.73 Å². The molecule has 1 nitrogen and oxygen atoms in total. The monoisotopic (exact) mass is 279 g/mol. The molecule has 0 amide bonds. The van der Waals surface area contributed by atoms with Gasteiger partial charge in [0, 0.05) is 11.6 Å². The first-order valence-electron chi connectivity index (χ1n) is 6.52. The molecule has 20 heavy (non-hydrogen) atoms. The van der Waals surface area contributed by atoms with E-state index in [-0.39, 0.29) is 5.56 Å². The Hall–Kier alpha value is -1.81. The summed E-state index contributed by atoms with van der Waals surface area (Å²) in [5.74, 6) is -3.83. The summed E-state index contributed by atoms with van der Waals surface area (Å²) in [6.07, 6.45) is 2.08. The second-order valence-corrected chi connectivity index (χ2v) is 4.75. The third-order valence-corrected chi connectivity index (χ3v) is 3.29.